The van der Waals surface area contributed by atoms with Gasteiger partial charge in [0.1, 0.15) is 5.75 Å². The molecule has 1 aliphatic heterocycles. The third kappa shape index (κ3) is 7.61. The van der Waals surface area contributed by atoms with E-state index in [4.69, 9.17) is 4.74 Å². The van der Waals surface area contributed by atoms with Crippen LogP contribution in [0.2, 0.25) is 0 Å². The average molecular weight is 398 g/mol. The molecule has 4 heteroatoms. The molecule has 0 amide bonds. The van der Waals surface area contributed by atoms with Gasteiger partial charge in [-0.15, -0.1) is 0 Å². The van der Waals surface area contributed by atoms with E-state index in [1.807, 2.05) is 0 Å². The van der Waals surface area contributed by atoms with Gasteiger partial charge in [-0.1, -0.05) is 43.4 Å². The predicted molar refractivity (Wildman–Crippen MR) is 123 cm³/mol. The second-order valence-electron chi connectivity index (χ2n) is 9.12. The number of likely N-dealkylation sites (N-methyl/N-ethyl adjacent to an activating group) is 1. The highest BCUT2D eigenvalue weighted by Gasteiger charge is 2.21. The van der Waals surface area contributed by atoms with Crippen molar-refractivity contribution in [2.24, 2.45) is 5.41 Å². The van der Waals surface area contributed by atoms with E-state index in [1.54, 1.807) is 0 Å². The lowest BCUT2D eigenvalue weighted by Crippen LogP contribution is -2.47. The van der Waals surface area contributed by atoms with Crippen molar-refractivity contribution in [2.75, 3.05) is 52.9 Å². The van der Waals surface area contributed by atoms with E-state index >= 15 is 0 Å². The van der Waals surface area contributed by atoms with E-state index in [-0.39, 0.29) is 5.41 Å². The summed E-state index contributed by atoms with van der Waals surface area (Å²) in [6, 6.07) is 9.21. The summed E-state index contributed by atoms with van der Waals surface area (Å²) >= 11 is 0. The summed E-state index contributed by atoms with van der Waals surface area (Å²) in [6.45, 7) is 12.3. The number of allylic oxidation sites excluding steroid dienone is 3. The first-order chi connectivity index (χ1) is 14.0. The summed E-state index contributed by atoms with van der Waals surface area (Å²) in [5, 5.41) is 3.69. The normalized spacial score (nSPS) is 24.0. The highest BCUT2D eigenvalue weighted by molar-refractivity contribution is 5.28. The van der Waals surface area contributed by atoms with Crippen LogP contribution in [0.4, 0.5) is 0 Å². The fraction of sp³-hybridized carbons (Fsp3) is 0.600. The first-order valence-corrected chi connectivity index (χ1v) is 11.2. The van der Waals surface area contributed by atoms with Crippen LogP contribution < -0.4 is 10.1 Å². The molecule has 1 aromatic carbocycles. The fourth-order valence-electron chi connectivity index (χ4n) is 3.91. The number of ether oxygens (including phenoxy) is 1. The quantitative estimate of drug-likeness (QED) is 0.651. The minimum atomic E-state index is 0.110. The van der Waals surface area contributed by atoms with Gasteiger partial charge in [0.2, 0.25) is 0 Å². The summed E-state index contributed by atoms with van der Waals surface area (Å²) in [6.07, 6.45) is 12.0. The van der Waals surface area contributed by atoms with Gasteiger partial charge in [0.25, 0.3) is 0 Å². The van der Waals surface area contributed by atoms with Gasteiger partial charge in [0.15, 0.2) is 0 Å². The molecule has 1 aromatic rings. The van der Waals surface area contributed by atoms with Crippen LogP contribution in [-0.2, 0) is 6.42 Å². The molecule has 1 N–H and O–H groups in total. The van der Waals surface area contributed by atoms with Crippen LogP contribution in [-0.4, -0.2) is 68.8 Å². The molecule has 0 spiro atoms. The molecule has 0 radical (unpaired) electrons. The van der Waals surface area contributed by atoms with Crippen molar-refractivity contribution < 1.29 is 4.74 Å². The Kier molecular flexibility index (Phi) is 8.34. The summed E-state index contributed by atoms with van der Waals surface area (Å²) in [5.74, 6) is 0.969. The molecule has 4 nitrogen and oxygen atoms in total. The maximum absolute atomic E-state index is 6.04. The molecule has 1 fully saturated rings. The van der Waals surface area contributed by atoms with Gasteiger partial charge < -0.3 is 15.0 Å². The van der Waals surface area contributed by atoms with Crippen LogP contribution in [0, 0.1) is 5.41 Å². The van der Waals surface area contributed by atoms with E-state index in [0.717, 1.165) is 44.7 Å². The standard InChI is InChI=1S/C25H39N3O/c1-22(26-15-16-28-19-17-27(3)18-20-28)7-8-23-9-11-24(12-10-23)29-21-25(2)13-5-4-6-14-25/h4-6,9-13,22,26H,7-8,14-21H2,1-3H3/t22-,25?/m1/s1. The maximum Gasteiger partial charge on any atom is 0.119 e. The summed E-state index contributed by atoms with van der Waals surface area (Å²) in [7, 11) is 2.21. The van der Waals surface area contributed by atoms with Crippen molar-refractivity contribution in [3.63, 3.8) is 0 Å². The van der Waals surface area contributed by atoms with Crippen LogP contribution >= 0.6 is 0 Å². The molecule has 1 saturated heterocycles. The molecule has 0 aromatic heterocycles. The molecule has 1 aliphatic carbocycles. The Balaban J connectivity index is 1.31. The zero-order valence-corrected chi connectivity index (χ0v) is 18.6. The van der Waals surface area contributed by atoms with E-state index in [2.05, 4.69) is 84.6 Å². The molecule has 29 heavy (non-hydrogen) atoms. The largest absolute Gasteiger partial charge is 0.493 e. The highest BCUT2D eigenvalue weighted by Crippen LogP contribution is 2.28. The van der Waals surface area contributed by atoms with Gasteiger partial charge in [0.05, 0.1) is 6.61 Å². The number of hydrogen-bond acceptors (Lipinski definition) is 4. The molecule has 0 saturated carbocycles. The molecular formula is C25H39N3O. The molecule has 2 aliphatic rings. The second kappa shape index (κ2) is 11.0. The molecule has 1 heterocycles. The Morgan fingerprint density at radius 1 is 1.10 bits per heavy atom. The van der Waals surface area contributed by atoms with E-state index in [9.17, 15) is 0 Å². The maximum atomic E-state index is 6.04. The topological polar surface area (TPSA) is 27.7 Å². The lowest BCUT2D eigenvalue weighted by atomic mass is 9.85. The minimum absolute atomic E-state index is 0.110. The SMILES string of the molecule is C[C@H](CCc1ccc(OCC2(C)C=CC=CC2)cc1)NCCN1CCN(C)CC1. The van der Waals surface area contributed by atoms with E-state index in [1.165, 1.54) is 31.7 Å². The van der Waals surface area contributed by atoms with Crippen LogP contribution in [0.3, 0.4) is 0 Å². The monoisotopic (exact) mass is 397 g/mol. The predicted octanol–water partition coefficient (Wildman–Crippen LogP) is 3.75. The van der Waals surface area contributed by atoms with Crippen LogP contribution in [0.25, 0.3) is 0 Å². The molecule has 3 rings (SSSR count). The van der Waals surface area contributed by atoms with Gasteiger partial charge >= 0.3 is 0 Å². The van der Waals surface area contributed by atoms with Crippen molar-refractivity contribution in [3.05, 3.63) is 54.1 Å². The second-order valence-corrected chi connectivity index (χ2v) is 9.12. The number of hydrogen-bond donors (Lipinski definition) is 1. The third-order valence-electron chi connectivity index (χ3n) is 6.20. The fourth-order valence-corrected chi connectivity index (χ4v) is 3.91. The van der Waals surface area contributed by atoms with Crippen molar-refractivity contribution in [3.8, 4) is 5.75 Å². The number of rotatable bonds is 10. The number of nitrogens with zero attached hydrogens (tertiary/aromatic N) is 2. The zero-order valence-electron chi connectivity index (χ0n) is 18.6. The minimum Gasteiger partial charge on any atom is -0.493 e. The van der Waals surface area contributed by atoms with Crippen molar-refractivity contribution in [2.45, 2.75) is 39.2 Å². The molecule has 0 bridgehead atoms. The Morgan fingerprint density at radius 3 is 2.55 bits per heavy atom. The van der Waals surface area contributed by atoms with Crippen LogP contribution in [0.15, 0.2) is 48.6 Å². The Bertz CT molecular complexity index is 661. The van der Waals surface area contributed by atoms with Crippen molar-refractivity contribution in [1.29, 1.82) is 0 Å². The van der Waals surface area contributed by atoms with Gasteiger partial charge in [0, 0.05) is 50.7 Å². The number of aryl methyl sites for hydroxylation is 1. The van der Waals surface area contributed by atoms with E-state index < -0.39 is 0 Å². The average Bonchev–Trinajstić information content (AvgIpc) is 2.73. The Morgan fingerprint density at radius 2 is 1.86 bits per heavy atom. The highest BCUT2D eigenvalue weighted by atomic mass is 16.5. The number of piperazine rings is 1. The smallest absolute Gasteiger partial charge is 0.119 e. The van der Waals surface area contributed by atoms with Crippen molar-refractivity contribution in [1.82, 2.24) is 15.1 Å². The summed E-state index contributed by atoms with van der Waals surface area (Å²) < 4.78 is 6.04. The lowest BCUT2D eigenvalue weighted by molar-refractivity contribution is 0.153. The summed E-state index contributed by atoms with van der Waals surface area (Å²) in [4.78, 5) is 4.98. The van der Waals surface area contributed by atoms with Gasteiger partial charge in [-0.25, -0.2) is 0 Å². The molecular weight excluding hydrogens is 358 g/mol. The van der Waals surface area contributed by atoms with Gasteiger partial charge in [-0.05, 0) is 50.9 Å². The van der Waals surface area contributed by atoms with Crippen LogP contribution in [0.1, 0.15) is 32.3 Å². The number of nitrogens with one attached hydrogen (secondary N) is 1. The molecule has 1 unspecified atom stereocenters. The first-order valence-electron chi connectivity index (χ1n) is 11.2. The Hall–Kier alpha value is -1.62. The molecule has 2 atom stereocenters. The van der Waals surface area contributed by atoms with E-state index in [0.29, 0.717) is 6.04 Å². The first kappa shape index (κ1) is 22.1. The third-order valence-corrected chi connectivity index (χ3v) is 6.20. The summed E-state index contributed by atoms with van der Waals surface area (Å²) in [5.41, 5.74) is 1.50. The van der Waals surface area contributed by atoms with Crippen molar-refractivity contribution >= 4 is 0 Å². The zero-order chi connectivity index (χ0) is 20.5. The lowest BCUT2D eigenvalue weighted by Gasteiger charge is -2.32. The Labute approximate surface area is 177 Å². The molecule has 160 valence electrons. The van der Waals surface area contributed by atoms with Gasteiger partial charge in [-0.3, -0.25) is 4.90 Å². The number of benzene rings is 1. The van der Waals surface area contributed by atoms with Crippen LogP contribution in [0.5, 0.6) is 5.75 Å². The van der Waals surface area contributed by atoms with Gasteiger partial charge in [-0.2, -0.15) is 0 Å².